The average molecular weight is 206 g/mol. The van der Waals surface area contributed by atoms with Gasteiger partial charge in [-0.3, -0.25) is 0 Å². The molecule has 1 N–H and O–H groups in total. The first-order chi connectivity index (χ1) is 7.29. The lowest BCUT2D eigenvalue weighted by Crippen LogP contribution is -2.25. The predicted octanol–water partition coefficient (Wildman–Crippen LogP) is 1.86. The van der Waals surface area contributed by atoms with Crippen molar-refractivity contribution in [2.24, 2.45) is 0 Å². The van der Waals surface area contributed by atoms with Crippen molar-refractivity contribution < 1.29 is 14.6 Å². The van der Waals surface area contributed by atoms with Crippen LogP contribution in [0.25, 0.3) is 0 Å². The lowest BCUT2D eigenvalue weighted by molar-refractivity contribution is 0.203. The molecule has 0 aromatic carbocycles. The molecule has 5 heteroatoms. The van der Waals surface area contributed by atoms with Gasteiger partial charge in [-0.15, -0.1) is 0 Å². The van der Waals surface area contributed by atoms with Crippen LogP contribution in [-0.4, -0.2) is 22.8 Å². The second kappa shape index (κ2) is 4.00. The van der Waals surface area contributed by atoms with Crippen LogP contribution in [0.3, 0.4) is 0 Å². The summed E-state index contributed by atoms with van der Waals surface area (Å²) in [5.41, 5.74) is 0. The quantitative estimate of drug-likeness (QED) is 0.703. The molecule has 0 unspecified atom stereocenters. The number of hydrogen-bond acceptors (Lipinski definition) is 3. The Labute approximate surface area is 86.6 Å². The molecule has 5 nitrogen and oxygen atoms in total. The minimum atomic E-state index is -1.07. The van der Waals surface area contributed by atoms with E-state index < -0.39 is 6.09 Å². The maximum atomic E-state index is 11.0. The molecule has 1 aliphatic heterocycles. The molecule has 0 bridgehead atoms. The SMILES string of the molecule is O=C(O)N1C=CCCOc2cccnc21. The van der Waals surface area contributed by atoms with E-state index in [-0.39, 0.29) is 0 Å². The molecule has 2 heterocycles. The summed E-state index contributed by atoms with van der Waals surface area (Å²) >= 11 is 0. The van der Waals surface area contributed by atoms with Crippen molar-refractivity contribution in [2.75, 3.05) is 11.5 Å². The molecular formula is C10H10N2O3. The summed E-state index contributed by atoms with van der Waals surface area (Å²) in [4.78, 5) is 16.0. The molecule has 1 amide bonds. The number of nitrogens with zero attached hydrogens (tertiary/aromatic N) is 2. The topological polar surface area (TPSA) is 62.7 Å². The maximum Gasteiger partial charge on any atom is 0.417 e. The Balaban J connectivity index is 2.46. The number of carbonyl (C=O) groups is 1. The highest BCUT2D eigenvalue weighted by Crippen LogP contribution is 2.27. The third kappa shape index (κ3) is 1.90. The van der Waals surface area contributed by atoms with Crippen LogP contribution in [0, 0.1) is 0 Å². The van der Waals surface area contributed by atoms with E-state index >= 15 is 0 Å². The van der Waals surface area contributed by atoms with E-state index in [1.54, 1.807) is 18.2 Å². The Hall–Kier alpha value is -2.04. The van der Waals surface area contributed by atoms with E-state index in [0.717, 1.165) is 4.90 Å². The summed E-state index contributed by atoms with van der Waals surface area (Å²) in [6.07, 6.45) is 4.38. The van der Waals surface area contributed by atoms with Gasteiger partial charge >= 0.3 is 6.09 Å². The summed E-state index contributed by atoms with van der Waals surface area (Å²) in [6, 6.07) is 3.42. The zero-order valence-electron chi connectivity index (χ0n) is 7.96. The van der Waals surface area contributed by atoms with E-state index in [0.29, 0.717) is 24.6 Å². The summed E-state index contributed by atoms with van der Waals surface area (Å²) in [5.74, 6) is 0.796. The molecule has 1 aromatic rings. The van der Waals surface area contributed by atoms with E-state index in [2.05, 4.69) is 4.98 Å². The summed E-state index contributed by atoms with van der Waals surface area (Å²) in [7, 11) is 0. The van der Waals surface area contributed by atoms with Crippen molar-refractivity contribution in [3.63, 3.8) is 0 Å². The molecule has 0 atom stereocenters. The number of hydrogen-bond donors (Lipinski definition) is 1. The molecule has 1 aromatic heterocycles. The Kier molecular flexibility index (Phi) is 2.53. The second-order valence-electron chi connectivity index (χ2n) is 3.00. The zero-order chi connectivity index (χ0) is 10.7. The van der Waals surface area contributed by atoms with Gasteiger partial charge in [-0.2, -0.15) is 0 Å². The van der Waals surface area contributed by atoms with Crippen LogP contribution in [-0.2, 0) is 0 Å². The van der Waals surface area contributed by atoms with Crippen LogP contribution < -0.4 is 9.64 Å². The number of fused-ring (bicyclic) bond motifs is 1. The Morgan fingerprint density at radius 1 is 1.60 bits per heavy atom. The number of rotatable bonds is 0. The monoisotopic (exact) mass is 206 g/mol. The number of amides is 1. The van der Waals surface area contributed by atoms with E-state index in [1.807, 2.05) is 0 Å². The van der Waals surface area contributed by atoms with E-state index in [1.165, 1.54) is 12.4 Å². The molecular weight excluding hydrogens is 196 g/mol. The fourth-order valence-corrected chi connectivity index (χ4v) is 1.32. The van der Waals surface area contributed by atoms with Gasteiger partial charge in [-0.25, -0.2) is 14.7 Å². The molecule has 15 heavy (non-hydrogen) atoms. The molecule has 0 radical (unpaired) electrons. The van der Waals surface area contributed by atoms with Crippen molar-refractivity contribution >= 4 is 11.9 Å². The molecule has 0 fully saturated rings. The molecule has 78 valence electrons. The Morgan fingerprint density at radius 2 is 2.47 bits per heavy atom. The molecule has 0 saturated carbocycles. The van der Waals surface area contributed by atoms with Gasteiger partial charge in [0.05, 0.1) is 6.61 Å². The Bertz CT molecular complexity index is 403. The molecule has 2 rings (SSSR count). The van der Waals surface area contributed by atoms with Crippen LogP contribution in [0.1, 0.15) is 6.42 Å². The van der Waals surface area contributed by atoms with Gasteiger partial charge in [0.15, 0.2) is 11.6 Å². The number of aromatic nitrogens is 1. The first-order valence-corrected chi connectivity index (χ1v) is 4.55. The zero-order valence-corrected chi connectivity index (χ0v) is 7.96. The predicted molar refractivity (Wildman–Crippen MR) is 54.0 cm³/mol. The summed E-state index contributed by atoms with van der Waals surface area (Å²) in [6.45, 7) is 0.530. The summed E-state index contributed by atoms with van der Waals surface area (Å²) < 4.78 is 5.39. The van der Waals surface area contributed by atoms with Crippen LogP contribution in [0.15, 0.2) is 30.6 Å². The number of carboxylic acid groups (broad SMARTS) is 1. The van der Waals surface area contributed by atoms with Gasteiger partial charge < -0.3 is 9.84 Å². The largest absolute Gasteiger partial charge is 0.489 e. The molecule has 1 aliphatic rings. The van der Waals surface area contributed by atoms with Crippen LogP contribution in [0.2, 0.25) is 0 Å². The number of pyridine rings is 1. The van der Waals surface area contributed by atoms with Gasteiger partial charge in [0.25, 0.3) is 0 Å². The van der Waals surface area contributed by atoms with Crippen LogP contribution >= 0.6 is 0 Å². The number of anilines is 1. The highest BCUT2D eigenvalue weighted by Gasteiger charge is 2.18. The molecule has 0 aliphatic carbocycles. The van der Waals surface area contributed by atoms with Crippen molar-refractivity contribution in [3.8, 4) is 5.75 Å². The van der Waals surface area contributed by atoms with Gasteiger partial charge in [0.2, 0.25) is 0 Å². The Morgan fingerprint density at radius 3 is 3.27 bits per heavy atom. The van der Waals surface area contributed by atoms with Gasteiger partial charge in [-0.1, -0.05) is 6.08 Å². The second-order valence-corrected chi connectivity index (χ2v) is 3.00. The highest BCUT2D eigenvalue weighted by molar-refractivity contribution is 5.88. The minimum absolute atomic E-state index is 0.306. The highest BCUT2D eigenvalue weighted by atomic mass is 16.5. The third-order valence-electron chi connectivity index (χ3n) is 1.98. The van der Waals surface area contributed by atoms with E-state index in [4.69, 9.17) is 9.84 Å². The fraction of sp³-hybridized carbons (Fsp3) is 0.200. The van der Waals surface area contributed by atoms with Crippen molar-refractivity contribution in [1.82, 2.24) is 4.98 Å². The number of ether oxygens (including phenoxy) is 1. The van der Waals surface area contributed by atoms with Crippen molar-refractivity contribution in [2.45, 2.75) is 6.42 Å². The van der Waals surface area contributed by atoms with Gasteiger partial charge in [0.1, 0.15) is 0 Å². The third-order valence-corrected chi connectivity index (χ3v) is 1.98. The van der Waals surface area contributed by atoms with Crippen LogP contribution in [0.5, 0.6) is 5.75 Å². The van der Waals surface area contributed by atoms with Gasteiger partial charge in [-0.05, 0) is 12.1 Å². The van der Waals surface area contributed by atoms with Crippen molar-refractivity contribution in [1.29, 1.82) is 0 Å². The summed E-state index contributed by atoms with van der Waals surface area (Å²) in [5, 5.41) is 8.98. The first kappa shape index (κ1) is 9.51. The first-order valence-electron chi connectivity index (χ1n) is 4.55. The molecule has 0 saturated heterocycles. The maximum absolute atomic E-state index is 11.0. The standard InChI is InChI=1S/C10H10N2O3/c13-10(14)12-6-1-2-7-15-8-4-3-5-11-9(8)12/h1,3-6H,2,7H2,(H,13,14). The molecule has 0 spiro atoms. The normalized spacial score (nSPS) is 14.8. The smallest absolute Gasteiger partial charge is 0.417 e. The minimum Gasteiger partial charge on any atom is -0.489 e. The average Bonchev–Trinajstić information content (AvgIpc) is 2.18. The van der Waals surface area contributed by atoms with E-state index in [9.17, 15) is 4.79 Å². The van der Waals surface area contributed by atoms with Crippen LogP contribution in [0.4, 0.5) is 10.6 Å². The fourth-order valence-electron chi connectivity index (χ4n) is 1.32. The van der Waals surface area contributed by atoms with Crippen molar-refractivity contribution in [3.05, 3.63) is 30.6 Å². The van der Waals surface area contributed by atoms with Gasteiger partial charge in [0, 0.05) is 18.8 Å². The lowest BCUT2D eigenvalue weighted by atomic mass is 10.3. The lowest BCUT2D eigenvalue weighted by Gasteiger charge is -2.19.